The molecule has 8 nitrogen and oxygen atoms in total. The van der Waals surface area contributed by atoms with Crippen LogP contribution >= 0.6 is 15.9 Å². The summed E-state index contributed by atoms with van der Waals surface area (Å²) in [5.74, 6) is 1.51. The van der Waals surface area contributed by atoms with Crippen LogP contribution in [-0.4, -0.2) is 45.9 Å². The van der Waals surface area contributed by atoms with E-state index in [2.05, 4.69) is 44.8 Å². The Labute approximate surface area is 217 Å². The highest BCUT2D eigenvalue weighted by molar-refractivity contribution is 9.10. The molecular formula is C26H39BrN4O4. The van der Waals surface area contributed by atoms with Gasteiger partial charge in [0, 0.05) is 36.2 Å². The first-order valence-corrected chi connectivity index (χ1v) is 13.2. The van der Waals surface area contributed by atoms with Gasteiger partial charge in [0.15, 0.2) is 11.9 Å². The predicted octanol–water partition coefficient (Wildman–Crippen LogP) is 6.16. The molecule has 2 aromatic rings. The van der Waals surface area contributed by atoms with Crippen molar-refractivity contribution in [3.05, 3.63) is 33.1 Å². The molecular weight excluding hydrogens is 512 g/mol. The van der Waals surface area contributed by atoms with E-state index in [1.807, 2.05) is 48.5 Å². The van der Waals surface area contributed by atoms with Crippen LogP contribution in [0.2, 0.25) is 0 Å². The van der Waals surface area contributed by atoms with Crippen LogP contribution in [0, 0.1) is 13.8 Å². The van der Waals surface area contributed by atoms with Gasteiger partial charge in [0.1, 0.15) is 0 Å². The third kappa shape index (κ3) is 6.61. The van der Waals surface area contributed by atoms with Gasteiger partial charge in [-0.25, -0.2) is 4.79 Å². The number of aromatic nitrogens is 3. The Morgan fingerprint density at radius 2 is 1.71 bits per heavy atom. The average Bonchev–Trinajstić information content (AvgIpc) is 3.24. The van der Waals surface area contributed by atoms with Gasteiger partial charge < -0.3 is 18.9 Å². The van der Waals surface area contributed by atoms with Crippen molar-refractivity contribution in [1.29, 1.82) is 0 Å². The predicted molar refractivity (Wildman–Crippen MR) is 139 cm³/mol. The van der Waals surface area contributed by atoms with Crippen molar-refractivity contribution in [3.8, 4) is 0 Å². The molecule has 0 N–H and O–H groups in total. The van der Waals surface area contributed by atoms with E-state index >= 15 is 0 Å². The molecule has 1 atom stereocenters. The molecule has 3 heterocycles. The molecule has 0 amide bonds. The van der Waals surface area contributed by atoms with Crippen molar-refractivity contribution in [2.45, 2.75) is 105 Å². The third-order valence-electron chi connectivity index (χ3n) is 5.94. The van der Waals surface area contributed by atoms with E-state index in [-0.39, 0.29) is 17.9 Å². The third-order valence-corrected chi connectivity index (χ3v) is 6.89. The topological polar surface area (TPSA) is 90.6 Å². The zero-order valence-electron chi connectivity index (χ0n) is 22.4. The second-order valence-electron chi connectivity index (χ2n) is 10.9. The van der Waals surface area contributed by atoms with E-state index < -0.39 is 17.7 Å². The van der Waals surface area contributed by atoms with Crippen LogP contribution in [0.4, 0.5) is 5.69 Å². The number of ether oxygens (including phenoxy) is 2. The van der Waals surface area contributed by atoms with Gasteiger partial charge in [0.25, 0.3) is 0 Å². The summed E-state index contributed by atoms with van der Waals surface area (Å²) in [6, 6.07) is 0. The minimum Gasteiger partial charge on any atom is -0.461 e. The van der Waals surface area contributed by atoms with E-state index in [0.29, 0.717) is 5.89 Å². The number of anilines is 1. The molecule has 194 valence electrons. The van der Waals surface area contributed by atoms with E-state index in [9.17, 15) is 4.79 Å². The van der Waals surface area contributed by atoms with Crippen molar-refractivity contribution >= 4 is 27.6 Å². The monoisotopic (exact) mass is 550 g/mol. The number of rotatable bonds is 7. The number of carbonyl (C=O) groups excluding carboxylic acids is 1. The summed E-state index contributed by atoms with van der Waals surface area (Å²) in [6.45, 7) is 19.1. The normalized spacial score (nSPS) is 16.3. The van der Waals surface area contributed by atoms with Gasteiger partial charge in [-0.2, -0.15) is 4.98 Å². The van der Waals surface area contributed by atoms with E-state index in [1.54, 1.807) is 0 Å². The maximum absolute atomic E-state index is 13.3. The van der Waals surface area contributed by atoms with Gasteiger partial charge in [-0.1, -0.05) is 19.0 Å². The highest BCUT2D eigenvalue weighted by Crippen LogP contribution is 2.42. The first-order chi connectivity index (χ1) is 16.3. The molecule has 0 radical (unpaired) electrons. The largest absolute Gasteiger partial charge is 0.461 e. The van der Waals surface area contributed by atoms with Crippen LogP contribution in [0.5, 0.6) is 0 Å². The Morgan fingerprint density at radius 1 is 1.09 bits per heavy atom. The highest BCUT2D eigenvalue weighted by Gasteiger charge is 2.37. The molecule has 9 heteroatoms. The van der Waals surface area contributed by atoms with Gasteiger partial charge in [-0.05, 0) is 77.2 Å². The lowest BCUT2D eigenvalue weighted by Gasteiger charge is -2.37. The lowest BCUT2D eigenvalue weighted by atomic mass is 9.94. The van der Waals surface area contributed by atoms with Crippen molar-refractivity contribution in [2.24, 2.45) is 0 Å². The van der Waals surface area contributed by atoms with Gasteiger partial charge in [0.05, 0.1) is 27.6 Å². The molecule has 1 aliphatic rings. The van der Waals surface area contributed by atoms with E-state index in [0.717, 1.165) is 58.9 Å². The number of esters is 1. The van der Waals surface area contributed by atoms with Crippen LogP contribution in [0.15, 0.2) is 9.00 Å². The number of carbonyl (C=O) groups is 1. The van der Waals surface area contributed by atoms with Crippen molar-refractivity contribution in [2.75, 3.05) is 18.0 Å². The van der Waals surface area contributed by atoms with Crippen LogP contribution in [0.25, 0.3) is 0 Å². The van der Waals surface area contributed by atoms with Crippen molar-refractivity contribution < 1.29 is 18.8 Å². The number of nitrogens with zero attached hydrogens (tertiary/aromatic N) is 4. The van der Waals surface area contributed by atoms with Crippen LogP contribution < -0.4 is 4.90 Å². The second kappa shape index (κ2) is 10.9. The highest BCUT2D eigenvalue weighted by atomic mass is 79.9. The summed E-state index contributed by atoms with van der Waals surface area (Å²) >= 11 is 3.78. The van der Waals surface area contributed by atoms with Crippen LogP contribution in [0.1, 0.15) is 108 Å². The second-order valence-corrected chi connectivity index (χ2v) is 11.7. The molecule has 0 aliphatic carbocycles. The summed E-state index contributed by atoms with van der Waals surface area (Å²) in [4.78, 5) is 24.9. The fourth-order valence-corrected chi connectivity index (χ4v) is 4.87. The zero-order valence-corrected chi connectivity index (χ0v) is 24.0. The van der Waals surface area contributed by atoms with Gasteiger partial charge in [0.2, 0.25) is 5.89 Å². The first kappa shape index (κ1) is 27.6. The SMILES string of the molecule is Cc1nc(C)c(C(OC(C)(C)C)C(=O)OC(C)C)c(N2CCC(c3nc(C(C)C)no3)CC2)c1Br. The fraction of sp³-hybridized carbons (Fsp3) is 0.692. The van der Waals surface area contributed by atoms with E-state index in [1.165, 1.54) is 0 Å². The molecule has 1 unspecified atom stereocenters. The first-order valence-electron chi connectivity index (χ1n) is 12.4. The summed E-state index contributed by atoms with van der Waals surface area (Å²) < 4.78 is 18.4. The number of hydrogen-bond acceptors (Lipinski definition) is 8. The number of hydrogen-bond donors (Lipinski definition) is 0. The molecule has 35 heavy (non-hydrogen) atoms. The molecule has 0 saturated carbocycles. The summed E-state index contributed by atoms with van der Waals surface area (Å²) in [5.41, 5.74) is 2.77. The molecule has 0 spiro atoms. The molecule has 3 rings (SSSR count). The molecule has 1 fully saturated rings. The lowest BCUT2D eigenvalue weighted by Crippen LogP contribution is -2.37. The van der Waals surface area contributed by atoms with Gasteiger partial charge in [-0.15, -0.1) is 0 Å². The summed E-state index contributed by atoms with van der Waals surface area (Å²) in [7, 11) is 0. The summed E-state index contributed by atoms with van der Waals surface area (Å²) in [5, 5.41) is 4.14. The molecule has 0 aromatic carbocycles. The van der Waals surface area contributed by atoms with E-state index in [4.69, 9.17) is 19.0 Å². The average molecular weight is 552 g/mol. The fourth-order valence-electron chi connectivity index (χ4n) is 4.32. The quantitative estimate of drug-likeness (QED) is 0.378. The smallest absolute Gasteiger partial charge is 0.340 e. The van der Waals surface area contributed by atoms with Crippen LogP contribution in [0.3, 0.4) is 0 Å². The summed E-state index contributed by atoms with van der Waals surface area (Å²) in [6.07, 6.45) is 0.597. The van der Waals surface area contributed by atoms with Gasteiger partial charge in [-0.3, -0.25) is 4.98 Å². The number of pyridine rings is 1. The molecule has 2 aromatic heterocycles. The maximum Gasteiger partial charge on any atom is 0.340 e. The Kier molecular flexibility index (Phi) is 8.63. The molecule has 1 aliphatic heterocycles. The van der Waals surface area contributed by atoms with Crippen molar-refractivity contribution in [1.82, 2.24) is 15.1 Å². The molecule has 1 saturated heterocycles. The van der Waals surface area contributed by atoms with Crippen LogP contribution in [-0.2, 0) is 14.3 Å². The zero-order chi connectivity index (χ0) is 26.1. The molecule has 0 bridgehead atoms. The Morgan fingerprint density at radius 3 is 2.23 bits per heavy atom. The number of aryl methyl sites for hydroxylation is 2. The Bertz CT molecular complexity index is 1040. The standard InChI is InChI=1S/C26H39BrN4O4/c1-14(2)23-29-24(35-30-23)18-10-12-31(13-11-18)21-19(16(5)28-17(6)20(21)27)22(34-26(7,8)9)25(32)33-15(3)4/h14-15,18,22H,10-13H2,1-9H3. The number of piperidine rings is 1. The van der Waals surface area contributed by atoms with Crippen molar-refractivity contribution in [3.63, 3.8) is 0 Å². The Balaban J connectivity index is 1.96. The number of halogens is 1. The lowest BCUT2D eigenvalue weighted by molar-refractivity contribution is -0.171. The maximum atomic E-state index is 13.3. The Hall–Kier alpha value is -2.00. The van der Waals surface area contributed by atoms with Gasteiger partial charge >= 0.3 is 5.97 Å². The minimum absolute atomic E-state index is 0.213. The minimum atomic E-state index is -0.890.